The summed E-state index contributed by atoms with van der Waals surface area (Å²) in [5.41, 5.74) is 1.09. The SMILES string of the molecule is CC(CC(=O)O)S(=O)(=O)Cc1cn2ccccc2n1. The Morgan fingerprint density at radius 1 is 1.47 bits per heavy atom. The Morgan fingerprint density at radius 3 is 2.84 bits per heavy atom. The molecule has 0 aliphatic heterocycles. The number of aromatic nitrogens is 2. The van der Waals surface area contributed by atoms with Crippen LogP contribution in [0.15, 0.2) is 30.6 Å². The van der Waals surface area contributed by atoms with Gasteiger partial charge in [-0.05, 0) is 19.1 Å². The fourth-order valence-electron chi connectivity index (χ4n) is 1.78. The lowest BCUT2D eigenvalue weighted by Gasteiger charge is -2.08. The van der Waals surface area contributed by atoms with Gasteiger partial charge in [0.1, 0.15) is 5.65 Å². The highest BCUT2D eigenvalue weighted by atomic mass is 32.2. The second-order valence-electron chi connectivity index (χ2n) is 4.41. The number of hydrogen-bond acceptors (Lipinski definition) is 4. The number of sulfone groups is 1. The van der Waals surface area contributed by atoms with Crippen LogP contribution in [-0.2, 0) is 20.4 Å². The van der Waals surface area contributed by atoms with E-state index in [0.717, 1.165) is 0 Å². The van der Waals surface area contributed by atoms with Gasteiger partial charge >= 0.3 is 5.97 Å². The van der Waals surface area contributed by atoms with Crippen molar-refractivity contribution in [2.45, 2.75) is 24.3 Å². The van der Waals surface area contributed by atoms with Gasteiger partial charge in [-0.25, -0.2) is 13.4 Å². The number of imidazole rings is 1. The molecule has 2 aromatic heterocycles. The first-order valence-electron chi connectivity index (χ1n) is 5.74. The maximum Gasteiger partial charge on any atom is 0.304 e. The summed E-state index contributed by atoms with van der Waals surface area (Å²) < 4.78 is 25.7. The van der Waals surface area contributed by atoms with Gasteiger partial charge in [0, 0.05) is 12.4 Å². The summed E-state index contributed by atoms with van der Waals surface area (Å²) in [5.74, 6) is -1.37. The van der Waals surface area contributed by atoms with Crippen LogP contribution in [-0.4, -0.2) is 34.1 Å². The highest BCUT2D eigenvalue weighted by Crippen LogP contribution is 2.14. The second-order valence-corrected chi connectivity index (χ2v) is 6.83. The van der Waals surface area contributed by atoms with Gasteiger partial charge in [-0.15, -0.1) is 0 Å². The van der Waals surface area contributed by atoms with E-state index < -0.39 is 27.5 Å². The van der Waals surface area contributed by atoms with Crippen molar-refractivity contribution in [3.05, 3.63) is 36.3 Å². The van der Waals surface area contributed by atoms with E-state index >= 15 is 0 Å². The molecule has 1 atom stereocenters. The lowest BCUT2D eigenvalue weighted by Crippen LogP contribution is -2.22. The monoisotopic (exact) mass is 282 g/mol. The van der Waals surface area contributed by atoms with Crippen molar-refractivity contribution in [3.8, 4) is 0 Å². The molecule has 1 unspecified atom stereocenters. The van der Waals surface area contributed by atoms with Crippen LogP contribution in [0.3, 0.4) is 0 Å². The van der Waals surface area contributed by atoms with Crippen LogP contribution in [0.25, 0.3) is 5.65 Å². The molecular formula is C12H14N2O4S. The molecule has 0 radical (unpaired) electrons. The van der Waals surface area contributed by atoms with E-state index in [1.165, 1.54) is 6.92 Å². The number of nitrogens with zero attached hydrogens (tertiary/aromatic N) is 2. The number of carboxylic acid groups (broad SMARTS) is 1. The topological polar surface area (TPSA) is 88.7 Å². The molecule has 0 aromatic carbocycles. The molecular weight excluding hydrogens is 268 g/mol. The van der Waals surface area contributed by atoms with Crippen molar-refractivity contribution in [1.82, 2.24) is 9.38 Å². The third-order valence-corrected chi connectivity index (χ3v) is 4.93. The number of pyridine rings is 1. The zero-order valence-electron chi connectivity index (χ0n) is 10.4. The molecule has 0 saturated carbocycles. The Hall–Kier alpha value is -1.89. The van der Waals surface area contributed by atoms with E-state index in [-0.39, 0.29) is 5.75 Å². The number of carbonyl (C=O) groups is 1. The van der Waals surface area contributed by atoms with Gasteiger partial charge in [-0.3, -0.25) is 4.79 Å². The fraction of sp³-hybridized carbons (Fsp3) is 0.333. The summed E-state index contributed by atoms with van der Waals surface area (Å²) in [7, 11) is -3.51. The standard InChI is InChI=1S/C12H14N2O4S/c1-9(6-12(15)16)19(17,18)8-10-7-14-5-3-2-4-11(14)13-10/h2-5,7,9H,6,8H2,1H3,(H,15,16). The van der Waals surface area contributed by atoms with Crippen LogP contribution in [0.2, 0.25) is 0 Å². The lowest BCUT2D eigenvalue weighted by molar-refractivity contribution is -0.136. The number of carboxylic acids is 1. The molecule has 0 aliphatic rings. The highest BCUT2D eigenvalue weighted by molar-refractivity contribution is 7.91. The average molecular weight is 282 g/mol. The smallest absolute Gasteiger partial charge is 0.304 e. The van der Waals surface area contributed by atoms with Crippen molar-refractivity contribution in [3.63, 3.8) is 0 Å². The van der Waals surface area contributed by atoms with E-state index in [4.69, 9.17) is 5.11 Å². The summed E-state index contributed by atoms with van der Waals surface area (Å²) in [6.07, 6.45) is 3.02. The van der Waals surface area contributed by atoms with Crippen LogP contribution in [0.1, 0.15) is 19.0 Å². The Balaban J connectivity index is 2.22. The van der Waals surface area contributed by atoms with Gasteiger partial charge < -0.3 is 9.51 Å². The van der Waals surface area contributed by atoms with Crippen LogP contribution in [0, 0.1) is 0 Å². The molecule has 0 saturated heterocycles. The van der Waals surface area contributed by atoms with E-state index in [9.17, 15) is 13.2 Å². The molecule has 6 nitrogen and oxygen atoms in total. The van der Waals surface area contributed by atoms with Crippen molar-refractivity contribution in [2.75, 3.05) is 0 Å². The summed E-state index contributed by atoms with van der Waals surface area (Å²) in [4.78, 5) is 14.8. The van der Waals surface area contributed by atoms with Crippen molar-refractivity contribution in [2.24, 2.45) is 0 Å². The van der Waals surface area contributed by atoms with Crippen LogP contribution in [0.5, 0.6) is 0 Å². The molecule has 0 spiro atoms. The summed E-state index contributed by atoms with van der Waals surface area (Å²) in [6.45, 7) is 1.40. The molecule has 1 N–H and O–H groups in total. The summed E-state index contributed by atoms with van der Waals surface area (Å²) in [5, 5.41) is 7.72. The molecule has 0 aliphatic carbocycles. The Morgan fingerprint density at radius 2 is 2.21 bits per heavy atom. The Labute approximate surface area is 110 Å². The van der Waals surface area contributed by atoms with Crippen molar-refractivity contribution >= 4 is 21.5 Å². The zero-order chi connectivity index (χ0) is 14.0. The minimum Gasteiger partial charge on any atom is -0.481 e. The van der Waals surface area contributed by atoms with Crippen LogP contribution in [0.4, 0.5) is 0 Å². The minimum absolute atomic E-state index is 0.247. The molecule has 2 rings (SSSR count). The highest BCUT2D eigenvalue weighted by Gasteiger charge is 2.24. The van der Waals surface area contributed by atoms with Gasteiger partial charge in [0.25, 0.3) is 0 Å². The molecule has 0 amide bonds. The van der Waals surface area contributed by atoms with Gasteiger partial charge in [0.2, 0.25) is 0 Å². The molecule has 7 heteroatoms. The number of rotatable bonds is 5. The summed E-state index contributed by atoms with van der Waals surface area (Å²) in [6, 6.07) is 5.41. The van der Waals surface area contributed by atoms with E-state index in [2.05, 4.69) is 4.98 Å². The maximum atomic E-state index is 12.0. The predicted molar refractivity (Wildman–Crippen MR) is 69.5 cm³/mol. The first kappa shape index (κ1) is 13.5. The van der Waals surface area contributed by atoms with Gasteiger partial charge in [0.15, 0.2) is 9.84 Å². The second kappa shape index (κ2) is 5.00. The first-order valence-corrected chi connectivity index (χ1v) is 7.46. The number of aliphatic carboxylic acids is 1. The molecule has 19 heavy (non-hydrogen) atoms. The lowest BCUT2D eigenvalue weighted by atomic mass is 10.3. The average Bonchev–Trinajstić information content (AvgIpc) is 2.68. The van der Waals surface area contributed by atoms with Crippen molar-refractivity contribution in [1.29, 1.82) is 0 Å². The largest absolute Gasteiger partial charge is 0.481 e. The van der Waals surface area contributed by atoms with Crippen LogP contribution >= 0.6 is 0 Å². The third-order valence-electron chi connectivity index (χ3n) is 2.84. The zero-order valence-corrected chi connectivity index (χ0v) is 11.2. The Kier molecular flexibility index (Phi) is 3.57. The maximum absolute atomic E-state index is 12.0. The van der Waals surface area contributed by atoms with Crippen molar-refractivity contribution < 1.29 is 18.3 Å². The van der Waals surface area contributed by atoms with Gasteiger partial charge in [0.05, 0.1) is 23.1 Å². The predicted octanol–water partition coefficient (Wildman–Crippen LogP) is 1.11. The quantitative estimate of drug-likeness (QED) is 0.887. The normalized spacial score (nSPS) is 13.5. The minimum atomic E-state index is -3.51. The summed E-state index contributed by atoms with van der Waals surface area (Å²) >= 11 is 0. The number of fused-ring (bicyclic) bond motifs is 1. The van der Waals surface area contributed by atoms with E-state index in [0.29, 0.717) is 11.3 Å². The molecule has 0 fully saturated rings. The fourth-order valence-corrected chi connectivity index (χ4v) is 3.01. The molecule has 0 bridgehead atoms. The number of hydrogen-bond donors (Lipinski definition) is 1. The van der Waals surface area contributed by atoms with Gasteiger partial charge in [-0.1, -0.05) is 6.07 Å². The Bertz CT molecular complexity index is 672. The van der Waals surface area contributed by atoms with Crippen LogP contribution < -0.4 is 0 Å². The molecule has 102 valence electrons. The third kappa shape index (κ3) is 3.11. The van der Waals surface area contributed by atoms with E-state index in [1.54, 1.807) is 22.9 Å². The molecule has 2 aromatic rings. The van der Waals surface area contributed by atoms with Gasteiger partial charge in [-0.2, -0.15) is 0 Å². The molecule has 2 heterocycles. The van der Waals surface area contributed by atoms with E-state index in [1.807, 2.05) is 12.1 Å². The first-order chi connectivity index (χ1) is 8.88.